The molecule has 2 aromatic rings. The van der Waals surface area contributed by atoms with Crippen molar-refractivity contribution in [3.63, 3.8) is 0 Å². The number of rotatable bonds is 1. The minimum atomic E-state index is 0.436. The first-order valence-electron chi connectivity index (χ1n) is 4.74. The zero-order chi connectivity index (χ0) is 10.3. The minimum absolute atomic E-state index is 0.436. The third kappa shape index (κ3) is 1.30. The predicted molar refractivity (Wildman–Crippen MR) is 59.0 cm³/mol. The summed E-state index contributed by atoms with van der Waals surface area (Å²) in [5.74, 6) is 0.436. The van der Waals surface area contributed by atoms with E-state index in [0.717, 1.165) is 11.3 Å². The first-order valence-corrected chi connectivity index (χ1v) is 5.12. The molecule has 2 heterocycles. The molecule has 0 aromatic carbocycles. The molecule has 74 valence electrons. The van der Waals surface area contributed by atoms with Gasteiger partial charge >= 0.3 is 0 Å². The molecule has 0 bridgehead atoms. The predicted octanol–water partition coefficient (Wildman–Crippen LogP) is 3.42. The van der Waals surface area contributed by atoms with Gasteiger partial charge in [0.2, 0.25) is 0 Å². The van der Waals surface area contributed by atoms with Crippen LogP contribution < -0.4 is 0 Å². The van der Waals surface area contributed by atoms with Gasteiger partial charge in [0.15, 0.2) is 5.65 Å². The van der Waals surface area contributed by atoms with E-state index in [-0.39, 0.29) is 0 Å². The third-order valence-electron chi connectivity index (χ3n) is 2.42. The Morgan fingerprint density at radius 3 is 2.71 bits per heavy atom. The second-order valence-corrected chi connectivity index (χ2v) is 4.19. The molecule has 14 heavy (non-hydrogen) atoms. The molecule has 0 saturated carbocycles. The Balaban J connectivity index is 2.80. The van der Waals surface area contributed by atoms with Gasteiger partial charge in [-0.2, -0.15) is 0 Å². The average molecular weight is 209 g/mol. The summed E-state index contributed by atoms with van der Waals surface area (Å²) in [6.45, 7) is 6.36. The summed E-state index contributed by atoms with van der Waals surface area (Å²) >= 11 is 6.06. The number of fused-ring (bicyclic) bond motifs is 1. The van der Waals surface area contributed by atoms with Crippen molar-refractivity contribution in [2.45, 2.75) is 26.7 Å². The van der Waals surface area contributed by atoms with E-state index in [0.29, 0.717) is 10.9 Å². The summed E-state index contributed by atoms with van der Waals surface area (Å²) in [6, 6.07) is 3.81. The van der Waals surface area contributed by atoms with E-state index in [1.54, 1.807) is 0 Å². The molecular formula is C11H13ClN2. The van der Waals surface area contributed by atoms with E-state index in [2.05, 4.69) is 25.8 Å². The molecule has 0 aliphatic rings. The zero-order valence-corrected chi connectivity index (χ0v) is 9.34. The van der Waals surface area contributed by atoms with Crippen LogP contribution in [0, 0.1) is 6.92 Å². The SMILES string of the molecule is Cc1c(C(C)C)nc2c(Cl)cccn12. The van der Waals surface area contributed by atoms with Gasteiger partial charge in [-0.3, -0.25) is 0 Å². The molecule has 0 saturated heterocycles. The van der Waals surface area contributed by atoms with Gasteiger partial charge in [-0.05, 0) is 25.0 Å². The highest BCUT2D eigenvalue weighted by Crippen LogP contribution is 2.23. The molecule has 0 fully saturated rings. The molecule has 0 aliphatic heterocycles. The van der Waals surface area contributed by atoms with E-state index >= 15 is 0 Å². The Bertz CT molecular complexity index is 471. The smallest absolute Gasteiger partial charge is 0.156 e. The Kier molecular flexibility index (Phi) is 2.23. The number of imidazole rings is 1. The first kappa shape index (κ1) is 9.53. The Morgan fingerprint density at radius 1 is 1.43 bits per heavy atom. The lowest BCUT2D eigenvalue weighted by Crippen LogP contribution is -1.91. The van der Waals surface area contributed by atoms with Gasteiger partial charge in [0, 0.05) is 11.9 Å². The van der Waals surface area contributed by atoms with Crippen molar-refractivity contribution in [2.24, 2.45) is 0 Å². The highest BCUT2D eigenvalue weighted by atomic mass is 35.5. The topological polar surface area (TPSA) is 17.3 Å². The fraction of sp³-hybridized carbons (Fsp3) is 0.364. The lowest BCUT2D eigenvalue weighted by molar-refractivity contribution is 0.821. The second-order valence-electron chi connectivity index (χ2n) is 3.79. The summed E-state index contributed by atoms with van der Waals surface area (Å²) in [4.78, 5) is 4.54. The summed E-state index contributed by atoms with van der Waals surface area (Å²) in [7, 11) is 0. The lowest BCUT2D eigenvalue weighted by atomic mass is 10.1. The Labute approximate surface area is 88.5 Å². The molecule has 2 nitrogen and oxygen atoms in total. The second kappa shape index (κ2) is 3.28. The maximum atomic E-state index is 6.06. The van der Waals surface area contributed by atoms with Crippen LogP contribution >= 0.6 is 11.6 Å². The van der Waals surface area contributed by atoms with E-state index < -0.39 is 0 Å². The molecular weight excluding hydrogens is 196 g/mol. The van der Waals surface area contributed by atoms with Crippen LogP contribution in [-0.4, -0.2) is 9.38 Å². The fourth-order valence-corrected chi connectivity index (χ4v) is 1.92. The van der Waals surface area contributed by atoms with E-state index in [1.165, 1.54) is 5.69 Å². The van der Waals surface area contributed by atoms with Crippen LogP contribution in [0.25, 0.3) is 5.65 Å². The van der Waals surface area contributed by atoms with Gasteiger partial charge in [-0.25, -0.2) is 4.98 Å². The number of nitrogens with zero attached hydrogens (tertiary/aromatic N) is 2. The van der Waals surface area contributed by atoms with E-state index in [1.807, 2.05) is 22.7 Å². The van der Waals surface area contributed by atoms with Crippen LogP contribution in [0.4, 0.5) is 0 Å². The average Bonchev–Trinajstić information content (AvgIpc) is 2.46. The number of hydrogen-bond donors (Lipinski definition) is 0. The number of hydrogen-bond acceptors (Lipinski definition) is 1. The summed E-state index contributed by atoms with van der Waals surface area (Å²) in [5.41, 5.74) is 3.16. The summed E-state index contributed by atoms with van der Waals surface area (Å²) < 4.78 is 2.04. The van der Waals surface area contributed by atoms with Crippen molar-refractivity contribution >= 4 is 17.2 Å². The molecule has 2 rings (SSSR count). The van der Waals surface area contributed by atoms with Crippen molar-refractivity contribution < 1.29 is 0 Å². The molecule has 0 N–H and O–H groups in total. The standard InChI is InChI=1S/C11H13ClN2/c1-7(2)10-8(3)14-6-4-5-9(12)11(14)13-10/h4-7H,1-3H3. The summed E-state index contributed by atoms with van der Waals surface area (Å²) in [6.07, 6.45) is 2.00. The molecule has 0 radical (unpaired) electrons. The van der Waals surface area contributed by atoms with Crippen LogP contribution in [0.2, 0.25) is 5.02 Å². The minimum Gasteiger partial charge on any atom is -0.303 e. The number of halogens is 1. The van der Waals surface area contributed by atoms with Crippen molar-refractivity contribution in [1.82, 2.24) is 9.38 Å². The monoisotopic (exact) mass is 208 g/mol. The zero-order valence-electron chi connectivity index (χ0n) is 8.58. The first-order chi connectivity index (χ1) is 6.61. The van der Waals surface area contributed by atoms with Crippen molar-refractivity contribution in [2.75, 3.05) is 0 Å². The number of aromatic nitrogens is 2. The van der Waals surface area contributed by atoms with Crippen molar-refractivity contribution in [1.29, 1.82) is 0 Å². The van der Waals surface area contributed by atoms with Crippen LogP contribution in [0.3, 0.4) is 0 Å². The maximum absolute atomic E-state index is 6.06. The van der Waals surface area contributed by atoms with Gasteiger partial charge in [0.05, 0.1) is 10.7 Å². The van der Waals surface area contributed by atoms with E-state index in [4.69, 9.17) is 11.6 Å². The fourth-order valence-electron chi connectivity index (χ4n) is 1.72. The molecule has 2 aromatic heterocycles. The quantitative estimate of drug-likeness (QED) is 0.702. The van der Waals surface area contributed by atoms with Gasteiger partial charge in [-0.1, -0.05) is 25.4 Å². The van der Waals surface area contributed by atoms with Crippen molar-refractivity contribution in [3.8, 4) is 0 Å². The number of pyridine rings is 1. The molecule has 0 unspecified atom stereocenters. The molecule has 0 aliphatic carbocycles. The lowest BCUT2D eigenvalue weighted by Gasteiger charge is -2.00. The Hall–Kier alpha value is -1.02. The van der Waals surface area contributed by atoms with Crippen LogP contribution in [0.15, 0.2) is 18.3 Å². The highest BCUT2D eigenvalue weighted by Gasteiger charge is 2.12. The van der Waals surface area contributed by atoms with Crippen LogP contribution in [0.1, 0.15) is 31.2 Å². The Morgan fingerprint density at radius 2 is 2.14 bits per heavy atom. The van der Waals surface area contributed by atoms with Crippen molar-refractivity contribution in [3.05, 3.63) is 34.7 Å². The normalized spacial score (nSPS) is 11.5. The summed E-state index contributed by atoms with van der Waals surface area (Å²) in [5, 5.41) is 0.711. The third-order valence-corrected chi connectivity index (χ3v) is 2.72. The van der Waals surface area contributed by atoms with Gasteiger partial charge in [-0.15, -0.1) is 0 Å². The van der Waals surface area contributed by atoms with Crippen LogP contribution in [0.5, 0.6) is 0 Å². The largest absolute Gasteiger partial charge is 0.303 e. The molecule has 3 heteroatoms. The van der Waals surface area contributed by atoms with E-state index in [9.17, 15) is 0 Å². The van der Waals surface area contributed by atoms with Gasteiger partial charge in [0.1, 0.15) is 0 Å². The van der Waals surface area contributed by atoms with Gasteiger partial charge < -0.3 is 4.40 Å². The molecule has 0 amide bonds. The number of aryl methyl sites for hydroxylation is 1. The maximum Gasteiger partial charge on any atom is 0.156 e. The highest BCUT2D eigenvalue weighted by molar-refractivity contribution is 6.33. The molecule has 0 spiro atoms. The molecule has 0 atom stereocenters. The van der Waals surface area contributed by atoms with Crippen LogP contribution in [-0.2, 0) is 0 Å². The van der Waals surface area contributed by atoms with Gasteiger partial charge in [0.25, 0.3) is 0 Å².